The van der Waals surface area contributed by atoms with Crippen LogP contribution < -0.4 is 5.73 Å². The van der Waals surface area contributed by atoms with Crippen LogP contribution in [0.15, 0.2) is 61.2 Å². The molecule has 2 N–H and O–H groups in total. The molecule has 7 heteroatoms. The fourth-order valence-electron chi connectivity index (χ4n) is 4.18. The number of carbonyl (C=O) groups is 1. The van der Waals surface area contributed by atoms with Crippen molar-refractivity contribution in [3.8, 4) is 17.2 Å². The third kappa shape index (κ3) is 3.15. The maximum atomic E-state index is 13.1. The first-order valence-corrected chi connectivity index (χ1v) is 9.91. The summed E-state index contributed by atoms with van der Waals surface area (Å²) < 4.78 is 0. The summed E-state index contributed by atoms with van der Waals surface area (Å²) in [5.41, 5.74) is 10.4. The Hall–Kier alpha value is -4.31. The van der Waals surface area contributed by atoms with E-state index in [9.17, 15) is 10.1 Å². The number of anilines is 1. The van der Waals surface area contributed by atoms with Crippen LogP contribution in [0.25, 0.3) is 21.9 Å². The number of nitrogen functional groups attached to an aromatic ring is 1. The van der Waals surface area contributed by atoms with Crippen LogP contribution in [0.5, 0.6) is 0 Å². The molecule has 7 nitrogen and oxygen atoms in total. The van der Waals surface area contributed by atoms with Gasteiger partial charge in [-0.1, -0.05) is 18.2 Å². The van der Waals surface area contributed by atoms with Gasteiger partial charge in [-0.3, -0.25) is 14.8 Å². The molecular weight excluding hydrogens is 388 g/mol. The van der Waals surface area contributed by atoms with Crippen LogP contribution in [0.3, 0.4) is 0 Å². The van der Waals surface area contributed by atoms with Gasteiger partial charge in [-0.05, 0) is 29.1 Å². The van der Waals surface area contributed by atoms with E-state index in [1.54, 1.807) is 41.8 Å². The molecule has 0 spiro atoms. The van der Waals surface area contributed by atoms with Crippen LogP contribution in [0, 0.1) is 11.3 Å². The number of rotatable bonds is 2. The van der Waals surface area contributed by atoms with Crippen molar-refractivity contribution in [1.82, 2.24) is 19.9 Å². The van der Waals surface area contributed by atoms with Crippen LogP contribution >= 0.6 is 0 Å². The molecule has 0 saturated heterocycles. The van der Waals surface area contributed by atoms with Gasteiger partial charge in [0.2, 0.25) is 0 Å². The summed E-state index contributed by atoms with van der Waals surface area (Å²) in [6.45, 7) is 0.890. The molecule has 0 aliphatic carbocycles. The predicted molar refractivity (Wildman–Crippen MR) is 117 cm³/mol. The minimum Gasteiger partial charge on any atom is -0.383 e. The highest BCUT2D eigenvalue weighted by atomic mass is 16.2. The Bertz CT molecular complexity index is 1350. The Morgan fingerprint density at radius 3 is 2.71 bits per heavy atom. The zero-order valence-corrected chi connectivity index (χ0v) is 16.6. The minimum atomic E-state index is -0.0727. The molecule has 1 aromatic carbocycles. The lowest BCUT2D eigenvalue weighted by molar-refractivity contribution is 0.0734. The summed E-state index contributed by atoms with van der Waals surface area (Å²) in [5.74, 6) is 0.146. The van der Waals surface area contributed by atoms with E-state index in [0.717, 1.165) is 33.2 Å². The van der Waals surface area contributed by atoms with Crippen LogP contribution in [0.2, 0.25) is 0 Å². The van der Waals surface area contributed by atoms with Crippen LogP contribution in [-0.2, 0) is 13.0 Å². The molecular formula is C24H18N6O. The number of amides is 1. The van der Waals surface area contributed by atoms with Crippen LogP contribution in [-0.4, -0.2) is 32.3 Å². The van der Waals surface area contributed by atoms with Crippen molar-refractivity contribution in [2.45, 2.75) is 13.0 Å². The van der Waals surface area contributed by atoms with Crippen molar-refractivity contribution in [1.29, 1.82) is 5.26 Å². The first kappa shape index (κ1) is 18.7. The average Bonchev–Trinajstić information content (AvgIpc) is 2.82. The molecule has 4 aromatic rings. The average molecular weight is 406 g/mol. The van der Waals surface area contributed by atoms with E-state index in [2.05, 4.69) is 21.0 Å². The van der Waals surface area contributed by atoms with Gasteiger partial charge < -0.3 is 10.6 Å². The van der Waals surface area contributed by atoms with Crippen LogP contribution in [0.4, 0.5) is 5.82 Å². The van der Waals surface area contributed by atoms with E-state index in [1.807, 2.05) is 24.3 Å². The lowest BCUT2D eigenvalue weighted by Gasteiger charge is -2.31. The number of nitriles is 1. The fraction of sp³-hybridized carbons (Fsp3) is 0.125. The Labute approximate surface area is 178 Å². The normalized spacial score (nSPS) is 12.9. The van der Waals surface area contributed by atoms with Crippen molar-refractivity contribution in [2.24, 2.45) is 0 Å². The maximum Gasteiger partial charge on any atom is 0.254 e. The van der Waals surface area contributed by atoms with E-state index in [1.165, 1.54) is 0 Å². The second-order valence-electron chi connectivity index (χ2n) is 7.40. The molecule has 0 fully saturated rings. The summed E-state index contributed by atoms with van der Waals surface area (Å²) in [6.07, 6.45) is 7.31. The molecule has 1 aliphatic rings. The van der Waals surface area contributed by atoms with E-state index in [4.69, 9.17) is 5.73 Å². The lowest BCUT2D eigenvalue weighted by Crippen LogP contribution is -2.37. The summed E-state index contributed by atoms with van der Waals surface area (Å²) >= 11 is 0. The Morgan fingerprint density at radius 2 is 1.90 bits per heavy atom. The lowest BCUT2D eigenvalue weighted by atomic mass is 9.88. The third-order valence-corrected chi connectivity index (χ3v) is 5.66. The van der Waals surface area contributed by atoms with Gasteiger partial charge in [0, 0.05) is 66.4 Å². The van der Waals surface area contributed by atoms with Crippen molar-refractivity contribution in [3.05, 3.63) is 83.6 Å². The number of aromatic nitrogens is 3. The number of fused-ring (bicyclic) bond motifs is 2. The molecule has 0 bridgehead atoms. The maximum absolute atomic E-state index is 13.1. The highest BCUT2D eigenvalue weighted by Gasteiger charge is 2.28. The molecule has 1 amide bonds. The second kappa shape index (κ2) is 7.50. The first-order valence-electron chi connectivity index (χ1n) is 9.91. The molecule has 5 rings (SSSR count). The monoisotopic (exact) mass is 406 g/mol. The number of nitrogens with two attached hydrogens (primary N) is 1. The van der Waals surface area contributed by atoms with Gasteiger partial charge in [-0.2, -0.15) is 5.26 Å². The summed E-state index contributed by atoms with van der Waals surface area (Å²) in [5, 5.41) is 11.9. The fourth-order valence-corrected chi connectivity index (χ4v) is 4.18. The smallest absolute Gasteiger partial charge is 0.254 e. The molecule has 0 atom stereocenters. The molecule has 4 heterocycles. The minimum absolute atomic E-state index is 0.0727. The van der Waals surface area contributed by atoms with Gasteiger partial charge in [0.25, 0.3) is 5.91 Å². The molecule has 150 valence electrons. The van der Waals surface area contributed by atoms with Crippen molar-refractivity contribution < 1.29 is 4.79 Å². The zero-order chi connectivity index (χ0) is 21.4. The second-order valence-corrected chi connectivity index (χ2v) is 7.40. The standard InChI is InChI=1S/C24H18N6O/c25-12-19-22(18-3-1-2-16-13-28-10-6-17(16)18)20-14-30(11-7-21(20)29-23(19)26)24(31)15-4-8-27-9-5-15/h1-6,8-10,13H,7,11,14H2,(H2,26,29). The highest BCUT2D eigenvalue weighted by Crippen LogP contribution is 2.38. The van der Waals surface area contributed by atoms with E-state index in [0.29, 0.717) is 30.6 Å². The van der Waals surface area contributed by atoms with E-state index < -0.39 is 0 Å². The quantitative estimate of drug-likeness (QED) is 0.547. The van der Waals surface area contributed by atoms with Gasteiger partial charge in [-0.25, -0.2) is 4.98 Å². The number of hydrogen-bond acceptors (Lipinski definition) is 6. The van der Waals surface area contributed by atoms with Crippen molar-refractivity contribution in [3.63, 3.8) is 0 Å². The number of benzene rings is 1. The largest absolute Gasteiger partial charge is 0.383 e. The van der Waals surface area contributed by atoms with Gasteiger partial charge >= 0.3 is 0 Å². The number of carbonyl (C=O) groups excluding carboxylic acids is 1. The zero-order valence-electron chi connectivity index (χ0n) is 16.6. The van der Waals surface area contributed by atoms with Gasteiger partial charge in [-0.15, -0.1) is 0 Å². The van der Waals surface area contributed by atoms with Gasteiger partial charge in [0.1, 0.15) is 17.5 Å². The number of nitrogens with zero attached hydrogens (tertiary/aromatic N) is 5. The highest BCUT2D eigenvalue weighted by molar-refractivity contribution is 5.99. The van der Waals surface area contributed by atoms with E-state index in [-0.39, 0.29) is 11.7 Å². The Morgan fingerprint density at radius 1 is 1.10 bits per heavy atom. The SMILES string of the molecule is N#Cc1c(N)nc2c(c1-c1cccc3cnccc13)CN(C(=O)c1ccncc1)CC2. The summed E-state index contributed by atoms with van der Waals surface area (Å²) in [7, 11) is 0. The number of hydrogen-bond donors (Lipinski definition) is 1. The van der Waals surface area contributed by atoms with Crippen molar-refractivity contribution >= 4 is 22.5 Å². The Balaban J connectivity index is 1.69. The molecule has 0 radical (unpaired) electrons. The summed E-state index contributed by atoms with van der Waals surface area (Å²) in [4.78, 5) is 27.6. The third-order valence-electron chi connectivity index (χ3n) is 5.66. The molecule has 31 heavy (non-hydrogen) atoms. The molecule has 0 saturated carbocycles. The van der Waals surface area contributed by atoms with E-state index >= 15 is 0 Å². The summed E-state index contributed by atoms with van der Waals surface area (Å²) in [6, 6.07) is 13.5. The van der Waals surface area contributed by atoms with Gasteiger partial charge in [0.05, 0.1) is 5.69 Å². The predicted octanol–water partition coefficient (Wildman–Crippen LogP) is 3.34. The topological polar surface area (TPSA) is 109 Å². The first-order chi connectivity index (χ1) is 15.2. The number of pyridine rings is 3. The molecule has 3 aromatic heterocycles. The molecule has 0 unspecified atom stereocenters. The molecule has 1 aliphatic heterocycles. The van der Waals surface area contributed by atoms with Gasteiger partial charge in [0.15, 0.2) is 0 Å². The van der Waals surface area contributed by atoms with Crippen molar-refractivity contribution in [2.75, 3.05) is 12.3 Å². The van der Waals surface area contributed by atoms with Crippen LogP contribution in [0.1, 0.15) is 27.2 Å². The Kier molecular flexibility index (Phi) is 4.53.